The van der Waals surface area contributed by atoms with Gasteiger partial charge in [-0.1, -0.05) is 31.5 Å². The summed E-state index contributed by atoms with van der Waals surface area (Å²) in [4.78, 5) is 12.9. The van der Waals surface area contributed by atoms with Gasteiger partial charge in [0.1, 0.15) is 11.4 Å². The third-order valence-electron chi connectivity index (χ3n) is 4.94. The van der Waals surface area contributed by atoms with Gasteiger partial charge in [-0.15, -0.1) is 0 Å². The average molecular weight is 391 g/mol. The Morgan fingerprint density at radius 1 is 1.19 bits per heavy atom. The molecule has 0 atom stereocenters. The zero-order valence-electron chi connectivity index (χ0n) is 15.8. The van der Waals surface area contributed by atoms with Crippen molar-refractivity contribution >= 4 is 21.8 Å². The Bertz CT molecular complexity index is 917. The number of anilines is 1. The number of benzene rings is 1. The number of fused-ring (bicyclic) bond motifs is 1. The second-order valence-electron chi connectivity index (χ2n) is 6.82. The van der Waals surface area contributed by atoms with Crippen molar-refractivity contribution < 1.29 is 17.9 Å². The first kappa shape index (κ1) is 19.5. The van der Waals surface area contributed by atoms with Gasteiger partial charge in [-0.25, -0.2) is 13.2 Å². The lowest BCUT2D eigenvalue weighted by Crippen LogP contribution is -2.18. The minimum absolute atomic E-state index is 0.162. The van der Waals surface area contributed by atoms with E-state index >= 15 is 0 Å². The predicted octanol–water partition coefficient (Wildman–Crippen LogP) is 3.66. The van der Waals surface area contributed by atoms with Crippen molar-refractivity contribution in [2.45, 2.75) is 50.3 Å². The molecule has 1 heterocycles. The number of rotatable bonds is 7. The van der Waals surface area contributed by atoms with Crippen LogP contribution in [0.5, 0.6) is 0 Å². The van der Waals surface area contributed by atoms with E-state index in [9.17, 15) is 13.2 Å². The first-order valence-electron chi connectivity index (χ1n) is 9.41. The van der Waals surface area contributed by atoms with Crippen molar-refractivity contribution in [1.29, 1.82) is 0 Å². The minimum atomic E-state index is -3.80. The van der Waals surface area contributed by atoms with E-state index in [0.29, 0.717) is 18.0 Å². The van der Waals surface area contributed by atoms with Crippen LogP contribution in [0.1, 0.15) is 54.2 Å². The van der Waals surface area contributed by atoms with Gasteiger partial charge in [0.15, 0.2) is 0 Å². The fourth-order valence-corrected chi connectivity index (χ4v) is 4.61. The monoisotopic (exact) mass is 390 g/mol. The van der Waals surface area contributed by atoms with E-state index in [4.69, 9.17) is 4.74 Å². The van der Waals surface area contributed by atoms with Crippen LogP contribution < -0.4 is 4.72 Å². The molecule has 0 aliphatic heterocycles. The van der Waals surface area contributed by atoms with E-state index in [2.05, 4.69) is 4.72 Å². The lowest BCUT2D eigenvalue weighted by molar-refractivity contribution is 0.0499. The molecule has 6 nitrogen and oxygen atoms in total. The van der Waals surface area contributed by atoms with Crippen LogP contribution in [0.3, 0.4) is 0 Å². The van der Waals surface area contributed by atoms with Crippen LogP contribution in [0.2, 0.25) is 0 Å². The summed E-state index contributed by atoms with van der Waals surface area (Å²) in [6.07, 6.45) is 5.30. The molecular weight excluding hydrogens is 364 g/mol. The SMILES string of the molecule is CCCCOC(=O)c1c2c(n(C)c1NS(=O)(=O)c1ccccc1)CCCC2. The number of aromatic nitrogens is 1. The van der Waals surface area contributed by atoms with Gasteiger partial charge in [-0.3, -0.25) is 4.72 Å². The molecule has 1 N–H and O–H groups in total. The summed E-state index contributed by atoms with van der Waals surface area (Å²) in [5.74, 6) is -0.153. The smallest absolute Gasteiger partial charge is 0.342 e. The fraction of sp³-hybridized carbons (Fsp3) is 0.450. The maximum Gasteiger partial charge on any atom is 0.342 e. The maximum atomic E-state index is 12.8. The van der Waals surface area contributed by atoms with Gasteiger partial charge >= 0.3 is 5.97 Å². The number of carbonyl (C=O) groups excluding carboxylic acids is 1. The Morgan fingerprint density at radius 3 is 2.59 bits per heavy atom. The van der Waals surface area contributed by atoms with E-state index in [-0.39, 0.29) is 4.90 Å². The van der Waals surface area contributed by atoms with Crippen molar-refractivity contribution in [3.05, 3.63) is 47.2 Å². The lowest BCUT2D eigenvalue weighted by atomic mass is 9.95. The number of hydrogen-bond donors (Lipinski definition) is 1. The quantitative estimate of drug-likeness (QED) is 0.578. The summed E-state index contributed by atoms with van der Waals surface area (Å²) in [5.41, 5.74) is 2.29. The lowest BCUT2D eigenvalue weighted by Gasteiger charge is -2.13. The van der Waals surface area contributed by atoms with Crippen molar-refractivity contribution in [1.82, 2.24) is 4.57 Å². The summed E-state index contributed by atoms with van der Waals surface area (Å²) < 4.78 is 35.5. The number of hydrogen-bond acceptors (Lipinski definition) is 4. The number of nitrogens with zero attached hydrogens (tertiary/aromatic N) is 1. The largest absolute Gasteiger partial charge is 0.462 e. The van der Waals surface area contributed by atoms with Crippen LogP contribution in [0.25, 0.3) is 0 Å². The molecule has 7 heteroatoms. The van der Waals surface area contributed by atoms with Crippen LogP contribution >= 0.6 is 0 Å². The van der Waals surface area contributed by atoms with Gasteiger partial charge < -0.3 is 9.30 Å². The van der Waals surface area contributed by atoms with Crippen LogP contribution in [-0.2, 0) is 34.6 Å². The van der Waals surface area contributed by atoms with Gasteiger partial charge in [0.2, 0.25) is 0 Å². The third-order valence-corrected chi connectivity index (χ3v) is 6.29. The van der Waals surface area contributed by atoms with Gasteiger partial charge in [-0.2, -0.15) is 0 Å². The Kier molecular flexibility index (Phi) is 5.89. The molecule has 1 aliphatic rings. The summed E-state index contributed by atoms with van der Waals surface area (Å²) in [5, 5.41) is 0. The molecule has 146 valence electrons. The molecule has 1 aliphatic carbocycles. The second-order valence-corrected chi connectivity index (χ2v) is 8.51. The Balaban J connectivity index is 2.01. The zero-order chi connectivity index (χ0) is 19.4. The molecular formula is C20H26N2O4S. The third kappa shape index (κ3) is 4.03. The molecule has 0 amide bonds. The molecule has 3 rings (SSSR count). The standard InChI is InChI=1S/C20H26N2O4S/c1-3-4-14-26-20(23)18-16-12-8-9-13-17(16)22(2)19(18)21-27(24,25)15-10-6-5-7-11-15/h5-7,10-11,21H,3-4,8-9,12-14H2,1-2H3. The molecule has 2 aromatic rings. The summed E-state index contributed by atoms with van der Waals surface area (Å²) in [6.45, 7) is 2.36. The normalized spacial score (nSPS) is 13.9. The van der Waals surface area contributed by atoms with E-state index in [1.807, 2.05) is 6.92 Å². The number of ether oxygens (including phenoxy) is 1. The zero-order valence-corrected chi connectivity index (χ0v) is 16.6. The first-order chi connectivity index (χ1) is 13.0. The molecule has 0 fully saturated rings. The molecule has 27 heavy (non-hydrogen) atoms. The Labute approximate surface area is 160 Å². The van der Waals surface area contributed by atoms with Gasteiger partial charge in [0.25, 0.3) is 10.0 Å². The van der Waals surface area contributed by atoms with Crippen molar-refractivity contribution in [3.63, 3.8) is 0 Å². The molecule has 1 aromatic heterocycles. The molecule has 0 saturated heterocycles. The molecule has 0 bridgehead atoms. The highest BCUT2D eigenvalue weighted by Crippen LogP contribution is 2.34. The highest BCUT2D eigenvalue weighted by molar-refractivity contribution is 7.92. The highest BCUT2D eigenvalue weighted by Gasteiger charge is 2.30. The van der Waals surface area contributed by atoms with Crippen LogP contribution in [0, 0.1) is 0 Å². The molecule has 0 spiro atoms. The molecule has 0 unspecified atom stereocenters. The summed E-state index contributed by atoms with van der Waals surface area (Å²) >= 11 is 0. The maximum absolute atomic E-state index is 12.8. The van der Waals surface area contributed by atoms with Gasteiger partial charge in [0, 0.05) is 12.7 Å². The molecule has 0 radical (unpaired) electrons. The first-order valence-corrected chi connectivity index (χ1v) is 10.9. The van der Waals surface area contributed by atoms with E-state index < -0.39 is 16.0 Å². The van der Waals surface area contributed by atoms with Crippen LogP contribution in [0.15, 0.2) is 35.2 Å². The predicted molar refractivity (Wildman–Crippen MR) is 104 cm³/mol. The van der Waals surface area contributed by atoms with E-state index in [0.717, 1.165) is 49.8 Å². The van der Waals surface area contributed by atoms with Gasteiger partial charge in [-0.05, 0) is 49.8 Å². The summed E-state index contributed by atoms with van der Waals surface area (Å²) in [7, 11) is -1.99. The topological polar surface area (TPSA) is 77.4 Å². The highest BCUT2D eigenvalue weighted by atomic mass is 32.2. The Hall–Kier alpha value is -2.28. The van der Waals surface area contributed by atoms with E-state index in [1.165, 1.54) is 12.1 Å². The van der Waals surface area contributed by atoms with Crippen LogP contribution in [-0.4, -0.2) is 25.6 Å². The van der Waals surface area contributed by atoms with Crippen molar-refractivity contribution in [3.8, 4) is 0 Å². The minimum Gasteiger partial charge on any atom is -0.462 e. The number of unbranched alkanes of at least 4 members (excludes halogenated alkanes) is 1. The second kappa shape index (κ2) is 8.17. The number of sulfonamides is 1. The fourth-order valence-electron chi connectivity index (χ4n) is 3.48. The molecule has 1 aromatic carbocycles. The van der Waals surface area contributed by atoms with Gasteiger partial charge in [0.05, 0.1) is 11.5 Å². The van der Waals surface area contributed by atoms with Crippen molar-refractivity contribution in [2.75, 3.05) is 11.3 Å². The summed E-state index contributed by atoms with van der Waals surface area (Å²) in [6, 6.07) is 8.17. The number of carbonyl (C=O) groups is 1. The molecule has 0 saturated carbocycles. The van der Waals surface area contributed by atoms with Crippen LogP contribution in [0.4, 0.5) is 5.82 Å². The average Bonchev–Trinajstić information content (AvgIpc) is 2.94. The Morgan fingerprint density at radius 2 is 1.89 bits per heavy atom. The number of nitrogens with one attached hydrogen (secondary N) is 1. The van der Waals surface area contributed by atoms with E-state index in [1.54, 1.807) is 29.8 Å². The number of esters is 1. The van der Waals surface area contributed by atoms with Crippen molar-refractivity contribution in [2.24, 2.45) is 7.05 Å².